The van der Waals surface area contributed by atoms with E-state index in [-0.39, 0.29) is 18.2 Å². The van der Waals surface area contributed by atoms with Gasteiger partial charge in [0.2, 0.25) is 11.8 Å². The summed E-state index contributed by atoms with van der Waals surface area (Å²) in [5, 5.41) is 0. The highest BCUT2D eigenvalue weighted by Gasteiger charge is 2.33. The number of rotatable bonds is 4. The molecule has 2 rings (SSSR count). The SMILES string of the molecule is COCc1ccc(N2CC(C(N)=O)CC2=O)cc1. The molecule has 0 bridgehead atoms. The van der Waals surface area contributed by atoms with Gasteiger partial charge in [-0.15, -0.1) is 0 Å². The van der Waals surface area contributed by atoms with Crippen LogP contribution in [0.3, 0.4) is 0 Å². The number of carbonyl (C=O) groups excluding carboxylic acids is 2. The molecule has 96 valence electrons. The number of carbonyl (C=O) groups is 2. The van der Waals surface area contributed by atoms with Crippen molar-refractivity contribution in [2.24, 2.45) is 11.7 Å². The van der Waals surface area contributed by atoms with Crippen LogP contribution in [-0.2, 0) is 20.9 Å². The zero-order valence-electron chi connectivity index (χ0n) is 10.3. The quantitative estimate of drug-likeness (QED) is 0.851. The first-order chi connectivity index (χ1) is 8.61. The topological polar surface area (TPSA) is 72.6 Å². The molecule has 0 radical (unpaired) electrons. The van der Waals surface area contributed by atoms with Gasteiger partial charge in [0.1, 0.15) is 0 Å². The van der Waals surface area contributed by atoms with Crippen molar-refractivity contribution in [1.29, 1.82) is 0 Å². The molecule has 0 aliphatic carbocycles. The first kappa shape index (κ1) is 12.6. The minimum Gasteiger partial charge on any atom is -0.380 e. The largest absolute Gasteiger partial charge is 0.380 e. The van der Waals surface area contributed by atoms with E-state index in [9.17, 15) is 9.59 Å². The molecule has 2 N–H and O–H groups in total. The van der Waals surface area contributed by atoms with Crippen molar-refractivity contribution in [3.63, 3.8) is 0 Å². The van der Waals surface area contributed by atoms with Crippen LogP contribution in [0.4, 0.5) is 5.69 Å². The summed E-state index contributed by atoms with van der Waals surface area (Å²) in [4.78, 5) is 24.5. The van der Waals surface area contributed by atoms with Crippen molar-refractivity contribution in [3.05, 3.63) is 29.8 Å². The summed E-state index contributed by atoms with van der Waals surface area (Å²) in [5.41, 5.74) is 7.07. The average molecular weight is 248 g/mol. The molecule has 5 heteroatoms. The van der Waals surface area contributed by atoms with E-state index in [0.29, 0.717) is 13.2 Å². The van der Waals surface area contributed by atoms with Crippen molar-refractivity contribution >= 4 is 17.5 Å². The Balaban J connectivity index is 2.12. The number of primary amides is 1. The second kappa shape index (κ2) is 5.18. The maximum absolute atomic E-state index is 11.8. The van der Waals surface area contributed by atoms with Gasteiger partial charge in [0.15, 0.2) is 0 Å². The molecule has 1 heterocycles. The van der Waals surface area contributed by atoms with Gasteiger partial charge < -0.3 is 15.4 Å². The standard InChI is InChI=1S/C13H16N2O3/c1-18-8-9-2-4-11(5-3-9)15-7-10(13(14)17)6-12(15)16/h2-5,10H,6-8H2,1H3,(H2,14,17). The Labute approximate surface area is 106 Å². The highest BCUT2D eigenvalue weighted by Crippen LogP contribution is 2.25. The first-order valence-electron chi connectivity index (χ1n) is 5.79. The molecule has 0 spiro atoms. The molecule has 1 fully saturated rings. The summed E-state index contributed by atoms with van der Waals surface area (Å²) in [7, 11) is 1.63. The van der Waals surface area contributed by atoms with Crippen LogP contribution in [0, 0.1) is 5.92 Å². The van der Waals surface area contributed by atoms with Gasteiger partial charge in [-0.1, -0.05) is 12.1 Å². The lowest BCUT2D eigenvalue weighted by Crippen LogP contribution is -2.28. The molecule has 5 nitrogen and oxygen atoms in total. The lowest BCUT2D eigenvalue weighted by atomic mass is 10.1. The fourth-order valence-corrected chi connectivity index (χ4v) is 2.09. The van der Waals surface area contributed by atoms with Crippen LogP contribution >= 0.6 is 0 Å². The Hall–Kier alpha value is -1.88. The Morgan fingerprint density at radius 2 is 2.11 bits per heavy atom. The summed E-state index contributed by atoms with van der Waals surface area (Å²) in [6.45, 7) is 0.913. The minimum absolute atomic E-state index is 0.0571. The third-order valence-electron chi connectivity index (χ3n) is 3.09. The molecule has 1 saturated heterocycles. The van der Waals surface area contributed by atoms with Crippen molar-refractivity contribution in [2.75, 3.05) is 18.6 Å². The molecule has 1 atom stereocenters. The van der Waals surface area contributed by atoms with Gasteiger partial charge in [-0.25, -0.2) is 0 Å². The molecule has 0 saturated carbocycles. The van der Waals surface area contributed by atoms with Gasteiger partial charge in [0.25, 0.3) is 0 Å². The highest BCUT2D eigenvalue weighted by atomic mass is 16.5. The number of nitrogens with zero attached hydrogens (tertiary/aromatic N) is 1. The minimum atomic E-state index is -0.415. The number of hydrogen-bond acceptors (Lipinski definition) is 3. The van der Waals surface area contributed by atoms with Crippen LogP contribution < -0.4 is 10.6 Å². The van der Waals surface area contributed by atoms with Crippen molar-refractivity contribution < 1.29 is 14.3 Å². The van der Waals surface area contributed by atoms with E-state index in [2.05, 4.69) is 0 Å². The smallest absolute Gasteiger partial charge is 0.227 e. The van der Waals surface area contributed by atoms with E-state index >= 15 is 0 Å². The molecule has 0 aromatic heterocycles. The molecule has 1 aliphatic rings. The van der Waals surface area contributed by atoms with Gasteiger partial charge in [0.05, 0.1) is 12.5 Å². The van der Waals surface area contributed by atoms with Gasteiger partial charge in [0, 0.05) is 25.8 Å². The normalized spacial score (nSPS) is 19.3. The molecule has 2 amide bonds. The van der Waals surface area contributed by atoms with Crippen LogP contribution in [0.25, 0.3) is 0 Å². The number of hydrogen-bond donors (Lipinski definition) is 1. The summed E-state index contributed by atoms with van der Waals surface area (Å²) in [5.74, 6) is -0.851. The maximum atomic E-state index is 11.8. The predicted octanol–water partition coefficient (Wildman–Crippen LogP) is 0.671. The van der Waals surface area contributed by atoms with E-state index in [1.54, 1.807) is 12.0 Å². The second-order valence-corrected chi connectivity index (χ2v) is 4.41. The first-order valence-corrected chi connectivity index (χ1v) is 5.79. The van der Waals surface area contributed by atoms with Crippen molar-refractivity contribution in [3.8, 4) is 0 Å². The van der Waals surface area contributed by atoms with E-state index < -0.39 is 5.91 Å². The van der Waals surface area contributed by atoms with E-state index in [0.717, 1.165) is 11.3 Å². The van der Waals surface area contributed by atoms with Gasteiger partial charge in [-0.05, 0) is 17.7 Å². The monoisotopic (exact) mass is 248 g/mol. The summed E-state index contributed by atoms with van der Waals surface area (Å²) >= 11 is 0. The lowest BCUT2D eigenvalue weighted by molar-refractivity contribution is -0.123. The fourth-order valence-electron chi connectivity index (χ4n) is 2.09. The molecule has 18 heavy (non-hydrogen) atoms. The zero-order chi connectivity index (χ0) is 13.1. The lowest BCUT2D eigenvalue weighted by Gasteiger charge is -2.16. The van der Waals surface area contributed by atoms with E-state index in [1.807, 2.05) is 24.3 Å². The number of anilines is 1. The third-order valence-corrected chi connectivity index (χ3v) is 3.09. The Kier molecular flexibility index (Phi) is 3.62. The van der Waals surface area contributed by atoms with Gasteiger partial charge in [-0.3, -0.25) is 9.59 Å². The number of amides is 2. The molecular formula is C13H16N2O3. The number of benzene rings is 1. The number of methoxy groups -OCH3 is 1. The molecule has 1 aromatic rings. The predicted molar refractivity (Wildman–Crippen MR) is 66.8 cm³/mol. The Morgan fingerprint density at radius 1 is 1.44 bits per heavy atom. The van der Waals surface area contributed by atoms with Crippen molar-refractivity contribution in [1.82, 2.24) is 0 Å². The molecular weight excluding hydrogens is 232 g/mol. The summed E-state index contributed by atoms with van der Waals surface area (Å²) < 4.78 is 5.02. The van der Waals surface area contributed by atoms with Crippen LogP contribution in [0.1, 0.15) is 12.0 Å². The second-order valence-electron chi connectivity index (χ2n) is 4.41. The number of ether oxygens (including phenoxy) is 1. The summed E-state index contributed by atoms with van der Waals surface area (Å²) in [6, 6.07) is 7.53. The van der Waals surface area contributed by atoms with Crippen LogP contribution in [0.5, 0.6) is 0 Å². The fraction of sp³-hybridized carbons (Fsp3) is 0.385. The molecule has 1 aliphatic heterocycles. The average Bonchev–Trinajstić information content (AvgIpc) is 2.73. The zero-order valence-corrected chi connectivity index (χ0v) is 10.3. The number of nitrogens with two attached hydrogens (primary N) is 1. The maximum Gasteiger partial charge on any atom is 0.227 e. The highest BCUT2D eigenvalue weighted by molar-refractivity contribution is 6.00. The van der Waals surface area contributed by atoms with Crippen LogP contribution in [0.15, 0.2) is 24.3 Å². The van der Waals surface area contributed by atoms with Gasteiger partial charge in [-0.2, -0.15) is 0 Å². The summed E-state index contributed by atoms with van der Waals surface area (Å²) in [6.07, 6.45) is 0.204. The van der Waals surface area contributed by atoms with Crippen LogP contribution in [0.2, 0.25) is 0 Å². The third kappa shape index (κ3) is 2.51. The Morgan fingerprint density at radius 3 is 2.61 bits per heavy atom. The Bertz CT molecular complexity index is 456. The molecule has 1 unspecified atom stereocenters. The van der Waals surface area contributed by atoms with E-state index in [4.69, 9.17) is 10.5 Å². The molecule has 1 aromatic carbocycles. The van der Waals surface area contributed by atoms with Crippen molar-refractivity contribution in [2.45, 2.75) is 13.0 Å². The van der Waals surface area contributed by atoms with Crippen LogP contribution in [-0.4, -0.2) is 25.5 Å². The van der Waals surface area contributed by atoms with E-state index in [1.165, 1.54) is 0 Å². The van der Waals surface area contributed by atoms with Gasteiger partial charge >= 0.3 is 0 Å².